The molecule has 3 aromatic heterocycles. The second-order valence-electron chi connectivity index (χ2n) is 10.5. The Morgan fingerprint density at radius 1 is 1.00 bits per heavy atom. The fourth-order valence-electron chi connectivity index (χ4n) is 5.78. The number of hydrogen-bond acceptors (Lipinski definition) is 6. The van der Waals surface area contributed by atoms with Gasteiger partial charge >= 0.3 is 12.2 Å². The number of rotatable bonds is 3. The van der Waals surface area contributed by atoms with Gasteiger partial charge in [-0.2, -0.15) is 13.2 Å². The molecule has 5 heterocycles. The molecule has 0 atom stereocenters. The molecule has 0 bridgehead atoms. The first-order chi connectivity index (χ1) is 19.8. The summed E-state index contributed by atoms with van der Waals surface area (Å²) in [6.45, 7) is 2.39. The number of halogens is 3. The highest BCUT2D eigenvalue weighted by Crippen LogP contribution is 2.44. The summed E-state index contributed by atoms with van der Waals surface area (Å²) in [6, 6.07) is 9.36. The predicted molar refractivity (Wildman–Crippen MR) is 151 cm³/mol. The number of pyridine rings is 3. The highest BCUT2D eigenvalue weighted by atomic mass is 19.4. The number of allylic oxidation sites excluding steroid dienone is 1. The normalized spacial score (nSPS) is 16.9. The van der Waals surface area contributed by atoms with E-state index in [4.69, 9.17) is 4.98 Å². The third kappa shape index (κ3) is 4.37. The Morgan fingerprint density at radius 3 is 2.63 bits per heavy atom. The van der Waals surface area contributed by atoms with Crippen molar-refractivity contribution in [3.8, 4) is 11.3 Å². The first kappa shape index (κ1) is 25.5. The Labute approximate surface area is 234 Å². The van der Waals surface area contributed by atoms with Crippen LogP contribution >= 0.6 is 0 Å². The number of nitrogens with zero attached hydrogens (tertiary/aromatic N) is 6. The largest absolute Gasteiger partial charge is 0.418 e. The molecule has 1 fully saturated rings. The number of carbonyl (C=O) groups is 1. The summed E-state index contributed by atoms with van der Waals surface area (Å²) in [7, 11) is 1.62. The van der Waals surface area contributed by atoms with Crippen LogP contribution < -0.4 is 15.1 Å². The van der Waals surface area contributed by atoms with Crippen LogP contribution in [0.3, 0.4) is 0 Å². The lowest BCUT2D eigenvalue weighted by Gasteiger charge is -2.36. The van der Waals surface area contributed by atoms with E-state index in [1.54, 1.807) is 30.4 Å². The molecule has 41 heavy (non-hydrogen) atoms. The van der Waals surface area contributed by atoms with Crippen LogP contribution in [0, 0.1) is 0 Å². The van der Waals surface area contributed by atoms with Gasteiger partial charge in [-0.25, -0.2) is 9.78 Å². The molecule has 4 aromatic rings. The summed E-state index contributed by atoms with van der Waals surface area (Å²) in [5.41, 5.74) is 5.05. The molecular formula is C30H26F3N7O. The van der Waals surface area contributed by atoms with Gasteiger partial charge in [0.1, 0.15) is 5.52 Å². The second kappa shape index (κ2) is 9.55. The van der Waals surface area contributed by atoms with Gasteiger partial charge < -0.3 is 15.1 Å². The lowest BCUT2D eigenvalue weighted by Crippen LogP contribution is -2.44. The van der Waals surface area contributed by atoms with E-state index in [1.165, 1.54) is 15.9 Å². The van der Waals surface area contributed by atoms with E-state index in [0.29, 0.717) is 54.2 Å². The number of alkyl halides is 3. The summed E-state index contributed by atoms with van der Waals surface area (Å²) < 4.78 is 43.3. The minimum atomic E-state index is -4.61. The van der Waals surface area contributed by atoms with Crippen LogP contribution in [0.2, 0.25) is 0 Å². The van der Waals surface area contributed by atoms with Crippen molar-refractivity contribution in [2.24, 2.45) is 0 Å². The quantitative estimate of drug-likeness (QED) is 0.364. The zero-order valence-electron chi connectivity index (χ0n) is 22.2. The molecule has 1 aliphatic carbocycles. The number of piperazine rings is 1. The van der Waals surface area contributed by atoms with Crippen molar-refractivity contribution in [3.05, 3.63) is 77.3 Å². The highest BCUT2D eigenvalue weighted by Gasteiger charge is 2.38. The predicted octanol–water partition coefficient (Wildman–Crippen LogP) is 5.39. The van der Waals surface area contributed by atoms with Crippen LogP contribution in [-0.4, -0.2) is 59.1 Å². The van der Waals surface area contributed by atoms with Crippen LogP contribution in [0.15, 0.2) is 54.9 Å². The number of amides is 2. The van der Waals surface area contributed by atoms with Gasteiger partial charge in [0.05, 0.1) is 40.4 Å². The zero-order chi connectivity index (χ0) is 28.3. The first-order valence-corrected chi connectivity index (χ1v) is 13.4. The molecule has 1 saturated heterocycles. The molecule has 0 saturated carbocycles. The fourth-order valence-corrected chi connectivity index (χ4v) is 5.78. The number of urea groups is 1. The average molecular weight is 558 g/mol. The van der Waals surface area contributed by atoms with Crippen molar-refractivity contribution in [1.82, 2.24) is 25.2 Å². The summed E-state index contributed by atoms with van der Waals surface area (Å²) >= 11 is 0. The molecule has 0 radical (unpaired) electrons. The molecular weight excluding hydrogens is 531 g/mol. The van der Waals surface area contributed by atoms with Crippen molar-refractivity contribution in [2.75, 3.05) is 43.0 Å². The number of fused-ring (bicyclic) bond motifs is 4. The van der Waals surface area contributed by atoms with E-state index in [-0.39, 0.29) is 17.9 Å². The standard InChI is InChI=1S/C30H26F3N7O/c1-38-17-20-16-36-25-7-6-24(19-13-18-3-2-4-23(18)35-15-19)37-27(25)28(20)40(29(38)41)21-5-8-26(22(14-21)30(31,32)33)39-11-9-34-10-12-39/h2-3,5-8,13-16,34H,4,9-12,17H2,1H3. The Kier molecular flexibility index (Phi) is 5.93. The van der Waals surface area contributed by atoms with Crippen LogP contribution in [0.5, 0.6) is 0 Å². The summed E-state index contributed by atoms with van der Waals surface area (Å²) in [4.78, 5) is 32.2. The second-order valence-corrected chi connectivity index (χ2v) is 10.5. The van der Waals surface area contributed by atoms with E-state index in [2.05, 4.69) is 21.4 Å². The Hall–Kier alpha value is -4.51. The number of aromatic nitrogens is 3. The van der Waals surface area contributed by atoms with Gasteiger partial charge in [0, 0.05) is 68.9 Å². The highest BCUT2D eigenvalue weighted by molar-refractivity contribution is 6.08. The zero-order valence-corrected chi connectivity index (χ0v) is 22.2. The van der Waals surface area contributed by atoms with Gasteiger partial charge in [-0.15, -0.1) is 0 Å². The van der Waals surface area contributed by atoms with Crippen molar-refractivity contribution in [1.29, 1.82) is 0 Å². The lowest BCUT2D eigenvalue weighted by atomic mass is 10.0. The Morgan fingerprint density at radius 2 is 1.83 bits per heavy atom. The molecule has 7 rings (SSSR count). The van der Waals surface area contributed by atoms with Crippen LogP contribution in [0.4, 0.5) is 35.0 Å². The molecule has 1 aromatic carbocycles. The van der Waals surface area contributed by atoms with Gasteiger partial charge in [-0.3, -0.25) is 14.9 Å². The van der Waals surface area contributed by atoms with Crippen LogP contribution in [0.25, 0.3) is 28.4 Å². The number of benzene rings is 1. The molecule has 11 heteroatoms. The summed E-state index contributed by atoms with van der Waals surface area (Å²) in [5.74, 6) is 0. The summed E-state index contributed by atoms with van der Waals surface area (Å²) in [6.07, 6.45) is 3.69. The van der Waals surface area contributed by atoms with E-state index in [9.17, 15) is 18.0 Å². The number of carbonyl (C=O) groups excluding carboxylic acids is 1. The molecule has 0 spiro atoms. The minimum Gasteiger partial charge on any atom is -0.368 e. The molecule has 8 nitrogen and oxygen atoms in total. The smallest absolute Gasteiger partial charge is 0.368 e. The SMILES string of the molecule is CN1Cc2cnc3ccc(-c4cnc5c(c4)C=CC5)nc3c2N(c2ccc(N3CCNCC3)c(C(F)(F)F)c2)C1=O. The van der Waals surface area contributed by atoms with E-state index in [0.717, 1.165) is 29.3 Å². The van der Waals surface area contributed by atoms with Crippen LogP contribution in [-0.2, 0) is 19.1 Å². The van der Waals surface area contributed by atoms with Gasteiger partial charge in [-0.05, 0) is 42.0 Å². The monoisotopic (exact) mass is 557 g/mol. The van der Waals surface area contributed by atoms with E-state index >= 15 is 0 Å². The fraction of sp³-hybridized carbons (Fsp3) is 0.267. The molecule has 0 unspecified atom stereocenters. The van der Waals surface area contributed by atoms with Gasteiger partial charge in [-0.1, -0.05) is 12.2 Å². The third-order valence-electron chi connectivity index (χ3n) is 7.82. The van der Waals surface area contributed by atoms with Crippen LogP contribution in [0.1, 0.15) is 22.4 Å². The minimum absolute atomic E-state index is 0.110. The molecule has 2 amide bonds. The number of anilines is 3. The van der Waals surface area contributed by atoms with Gasteiger partial charge in [0.25, 0.3) is 0 Å². The maximum Gasteiger partial charge on any atom is 0.418 e. The van der Waals surface area contributed by atoms with Crippen molar-refractivity contribution >= 4 is 40.2 Å². The Bertz CT molecular complexity index is 1730. The first-order valence-electron chi connectivity index (χ1n) is 13.4. The maximum absolute atomic E-state index is 14.4. The number of nitrogens with one attached hydrogen (secondary N) is 1. The molecule has 1 N–H and O–H groups in total. The lowest BCUT2D eigenvalue weighted by molar-refractivity contribution is -0.137. The maximum atomic E-state index is 14.4. The summed E-state index contributed by atoms with van der Waals surface area (Å²) in [5, 5.41) is 3.17. The average Bonchev–Trinajstić information content (AvgIpc) is 3.45. The number of hydrogen-bond donors (Lipinski definition) is 1. The molecule has 208 valence electrons. The van der Waals surface area contributed by atoms with Crippen molar-refractivity contribution in [2.45, 2.75) is 19.1 Å². The van der Waals surface area contributed by atoms with Crippen molar-refractivity contribution < 1.29 is 18.0 Å². The third-order valence-corrected chi connectivity index (χ3v) is 7.82. The van der Waals surface area contributed by atoms with E-state index in [1.807, 2.05) is 24.3 Å². The Balaban J connectivity index is 1.39. The van der Waals surface area contributed by atoms with Crippen molar-refractivity contribution in [3.63, 3.8) is 0 Å². The molecule has 3 aliphatic rings. The van der Waals surface area contributed by atoms with Gasteiger partial charge in [0.15, 0.2) is 0 Å². The van der Waals surface area contributed by atoms with Gasteiger partial charge in [0.2, 0.25) is 0 Å². The molecule has 2 aliphatic heterocycles. The van der Waals surface area contributed by atoms with E-state index < -0.39 is 17.8 Å². The topological polar surface area (TPSA) is 77.5 Å².